The first-order valence-electron chi connectivity index (χ1n) is 9.27. The summed E-state index contributed by atoms with van der Waals surface area (Å²) in [5, 5.41) is 13.8. The molecule has 0 radical (unpaired) electrons. The topological polar surface area (TPSA) is 116 Å². The first kappa shape index (κ1) is 20.7. The van der Waals surface area contributed by atoms with Gasteiger partial charge in [0.25, 0.3) is 11.8 Å². The highest BCUT2D eigenvalue weighted by molar-refractivity contribution is 7.82. The van der Waals surface area contributed by atoms with Crippen LogP contribution in [-0.4, -0.2) is 62.7 Å². The molecule has 2 heterocycles. The molecule has 0 aromatic heterocycles. The van der Waals surface area contributed by atoms with Crippen molar-refractivity contribution in [2.24, 2.45) is 0 Å². The standard InChI is InChI=1S/C19H21N3O6S/c23-15-9-8-13(20-17(24)14(29)11-12-5-2-1-3-6-12)18(25)22-16(28-19(26)27)7-4-10-21(15)22/h1-3,5-6,13,16H,4,7-11H2,(H,20,24)(H,26,27)/t13-,16-/m0/s1. The van der Waals surface area contributed by atoms with Crippen LogP contribution >= 0.6 is 12.2 Å². The number of hydrazine groups is 1. The maximum atomic E-state index is 13.0. The molecule has 0 aliphatic carbocycles. The first-order valence-corrected chi connectivity index (χ1v) is 9.68. The Morgan fingerprint density at radius 3 is 2.62 bits per heavy atom. The summed E-state index contributed by atoms with van der Waals surface area (Å²) in [7, 11) is 0. The van der Waals surface area contributed by atoms with Crippen molar-refractivity contribution in [1.82, 2.24) is 15.3 Å². The van der Waals surface area contributed by atoms with E-state index in [4.69, 9.17) is 22.1 Å². The van der Waals surface area contributed by atoms with Crippen molar-refractivity contribution in [1.29, 1.82) is 0 Å². The summed E-state index contributed by atoms with van der Waals surface area (Å²) in [4.78, 5) is 49.1. The third kappa shape index (κ3) is 4.89. The number of ether oxygens (including phenoxy) is 1. The highest BCUT2D eigenvalue weighted by Gasteiger charge is 2.43. The van der Waals surface area contributed by atoms with Crippen molar-refractivity contribution in [3.05, 3.63) is 35.9 Å². The number of hydrogen-bond donors (Lipinski definition) is 2. The van der Waals surface area contributed by atoms with Crippen molar-refractivity contribution in [2.75, 3.05) is 6.54 Å². The number of benzene rings is 1. The Bertz CT molecular complexity index is 830. The summed E-state index contributed by atoms with van der Waals surface area (Å²) in [6.45, 7) is 0.289. The highest BCUT2D eigenvalue weighted by atomic mass is 32.1. The fourth-order valence-corrected chi connectivity index (χ4v) is 3.67. The molecular weight excluding hydrogens is 398 g/mol. The van der Waals surface area contributed by atoms with E-state index in [1.165, 1.54) is 5.01 Å². The number of carboxylic acid groups (broad SMARTS) is 1. The Labute approximate surface area is 172 Å². The zero-order chi connectivity index (χ0) is 21.0. The summed E-state index contributed by atoms with van der Waals surface area (Å²) in [5.41, 5.74) is 0.868. The van der Waals surface area contributed by atoms with Crippen molar-refractivity contribution < 1.29 is 29.0 Å². The molecule has 2 atom stereocenters. The number of carbonyl (C=O) groups is 4. The van der Waals surface area contributed by atoms with Crippen LogP contribution in [0.1, 0.15) is 31.2 Å². The van der Waals surface area contributed by atoms with Crippen LogP contribution in [0.4, 0.5) is 4.79 Å². The molecule has 1 aromatic carbocycles. The third-order valence-electron chi connectivity index (χ3n) is 4.82. The molecule has 9 nitrogen and oxygen atoms in total. The van der Waals surface area contributed by atoms with Gasteiger partial charge in [0.1, 0.15) is 6.04 Å². The summed E-state index contributed by atoms with van der Waals surface area (Å²) >= 11 is 5.20. The van der Waals surface area contributed by atoms with Crippen molar-refractivity contribution in [2.45, 2.75) is 44.4 Å². The van der Waals surface area contributed by atoms with Gasteiger partial charge >= 0.3 is 6.16 Å². The summed E-state index contributed by atoms with van der Waals surface area (Å²) in [6, 6.07) is 8.22. The average Bonchev–Trinajstić information content (AvgIpc) is 2.81. The Morgan fingerprint density at radius 1 is 1.21 bits per heavy atom. The molecule has 2 aliphatic heterocycles. The van der Waals surface area contributed by atoms with Crippen molar-refractivity contribution in [3.8, 4) is 0 Å². The van der Waals surface area contributed by atoms with Crippen LogP contribution in [0, 0.1) is 0 Å². The van der Waals surface area contributed by atoms with Gasteiger partial charge in [-0.2, -0.15) is 0 Å². The predicted molar refractivity (Wildman–Crippen MR) is 105 cm³/mol. The van der Waals surface area contributed by atoms with E-state index in [0.717, 1.165) is 10.6 Å². The molecule has 1 aromatic rings. The van der Waals surface area contributed by atoms with E-state index in [9.17, 15) is 19.2 Å². The maximum absolute atomic E-state index is 13.0. The second-order valence-electron chi connectivity index (χ2n) is 6.83. The van der Waals surface area contributed by atoms with Gasteiger partial charge in [-0.25, -0.2) is 14.8 Å². The van der Waals surface area contributed by atoms with Crippen molar-refractivity contribution >= 4 is 41.0 Å². The molecular formula is C19H21N3O6S. The number of amides is 3. The van der Waals surface area contributed by atoms with Crippen LogP contribution in [0.25, 0.3) is 0 Å². The molecule has 0 saturated carbocycles. The van der Waals surface area contributed by atoms with Crippen LogP contribution in [0.15, 0.2) is 30.3 Å². The number of nitrogens with zero attached hydrogens (tertiary/aromatic N) is 2. The molecule has 154 valence electrons. The van der Waals surface area contributed by atoms with Gasteiger partial charge in [0.05, 0.1) is 4.86 Å². The normalized spacial score (nSPS) is 21.8. The Hall–Kier alpha value is -3.01. The van der Waals surface area contributed by atoms with E-state index in [1.54, 1.807) is 0 Å². The minimum absolute atomic E-state index is 0.0401. The quantitative estimate of drug-likeness (QED) is 0.545. The van der Waals surface area contributed by atoms with E-state index >= 15 is 0 Å². The van der Waals surface area contributed by atoms with Crippen LogP contribution in [0.5, 0.6) is 0 Å². The monoisotopic (exact) mass is 419 g/mol. The number of hydrogen-bond acceptors (Lipinski definition) is 6. The fourth-order valence-electron chi connectivity index (χ4n) is 3.45. The number of carbonyl (C=O) groups excluding carboxylic acids is 3. The number of thiocarbonyl (C=S) groups is 1. The number of fused-ring (bicyclic) bond motifs is 1. The lowest BCUT2D eigenvalue weighted by molar-refractivity contribution is -0.196. The van der Waals surface area contributed by atoms with Gasteiger partial charge in [-0.15, -0.1) is 0 Å². The lowest BCUT2D eigenvalue weighted by Gasteiger charge is -2.42. The molecule has 2 N–H and O–H groups in total. The summed E-state index contributed by atoms with van der Waals surface area (Å²) in [6.07, 6.45) is -1.47. The molecule has 3 amide bonds. The molecule has 3 rings (SSSR count). The van der Waals surface area contributed by atoms with E-state index in [-0.39, 0.29) is 43.0 Å². The fraction of sp³-hybridized carbons (Fsp3) is 0.421. The van der Waals surface area contributed by atoms with Crippen LogP contribution in [-0.2, 0) is 25.5 Å². The zero-order valence-electron chi connectivity index (χ0n) is 15.6. The minimum atomic E-state index is -1.54. The number of rotatable bonds is 5. The second kappa shape index (κ2) is 8.99. The summed E-state index contributed by atoms with van der Waals surface area (Å²) in [5.74, 6) is -1.46. The molecule has 10 heteroatoms. The molecule has 29 heavy (non-hydrogen) atoms. The Morgan fingerprint density at radius 2 is 1.93 bits per heavy atom. The summed E-state index contributed by atoms with van der Waals surface area (Å²) < 4.78 is 4.80. The lowest BCUT2D eigenvalue weighted by atomic mass is 10.1. The lowest BCUT2D eigenvalue weighted by Crippen LogP contribution is -2.61. The van der Waals surface area contributed by atoms with Gasteiger partial charge in [-0.3, -0.25) is 14.4 Å². The van der Waals surface area contributed by atoms with Gasteiger partial charge in [0.2, 0.25) is 5.91 Å². The Balaban J connectivity index is 1.72. The molecule has 0 spiro atoms. The van der Waals surface area contributed by atoms with Gasteiger partial charge < -0.3 is 15.2 Å². The van der Waals surface area contributed by atoms with Gasteiger partial charge in [0.15, 0.2) is 6.23 Å². The average molecular weight is 419 g/mol. The molecule has 0 unspecified atom stereocenters. The predicted octanol–water partition coefficient (Wildman–Crippen LogP) is 1.26. The van der Waals surface area contributed by atoms with Crippen LogP contribution < -0.4 is 5.32 Å². The Kier molecular flexibility index (Phi) is 6.42. The van der Waals surface area contributed by atoms with E-state index in [0.29, 0.717) is 6.42 Å². The molecule has 2 fully saturated rings. The molecule has 2 saturated heterocycles. The van der Waals surface area contributed by atoms with Gasteiger partial charge in [-0.05, 0) is 18.4 Å². The smallest absolute Gasteiger partial charge is 0.450 e. The first-order chi connectivity index (χ1) is 13.9. The van der Waals surface area contributed by atoms with E-state index < -0.39 is 30.2 Å². The van der Waals surface area contributed by atoms with Crippen LogP contribution in [0.2, 0.25) is 0 Å². The maximum Gasteiger partial charge on any atom is 0.507 e. The second-order valence-corrected chi connectivity index (χ2v) is 7.32. The largest absolute Gasteiger partial charge is 0.507 e. The van der Waals surface area contributed by atoms with Crippen molar-refractivity contribution in [3.63, 3.8) is 0 Å². The van der Waals surface area contributed by atoms with E-state index in [1.807, 2.05) is 30.3 Å². The van der Waals surface area contributed by atoms with Gasteiger partial charge in [-0.1, -0.05) is 42.5 Å². The SMILES string of the molecule is O=C(O)O[C@H]1CCCN2C(=O)CC[C@H](NC(=O)C(=S)Cc3ccccc3)C(=O)N12. The molecule has 0 bridgehead atoms. The molecule has 2 aliphatic rings. The zero-order valence-corrected chi connectivity index (χ0v) is 16.4. The highest BCUT2D eigenvalue weighted by Crippen LogP contribution is 2.25. The van der Waals surface area contributed by atoms with Gasteiger partial charge in [0, 0.05) is 25.8 Å². The number of nitrogens with one attached hydrogen (secondary N) is 1. The van der Waals surface area contributed by atoms with E-state index in [2.05, 4.69) is 5.32 Å². The minimum Gasteiger partial charge on any atom is -0.450 e. The van der Waals surface area contributed by atoms with Crippen LogP contribution in [0.3, 0.4) is 0 Å². The third-order valence-corrected chi connectivity index (χ3v) is 5.15.